The van der Waals surface area contributed by atoms with Gasteiger partial charge in [0.1, 0.15) is 5.65 Å². The highest BCUT2D eigenvalue weighted by Crippen LogP contribution is 2.26. The maximum absolute atomic E-state index is 13.3. The molecular weight excluding hydrogens is 382 g/mol. The average molecular weight is 416 g/mol. The number of rotatable bonds is 5. The van der Waals surface area contributed by atoms with Crippen LogP contribution in [-0.2, 0) is 6.54 Å². The van der Waals surface area contributed by atoms with Crippen molar-refractivity contribution in [3.8, 4) is 5.88 Å². The molecule has 0 saturated heterocycles. The molecule has 4 rings (SSSR count). The normalized spacial score (nSPS) is 18.4. The van der Waals surface area contributed by atoms with Gasteiger partial charge in [0.25, 0.3) is 11.5 Å². The number of nitrogens with one attached hydrogen (secondary N) is 2. The van der Waals surface area contributed by atoms with E-state index in [0.29, 0.717) is 24.1 Å². The number of hydrogen-bond acceptors (Lipinski definition) is 5. The predicted octanol–water partition coefficient (Wildman–Crippen LogP) is 3.27. The average Bonchev–Trinajstić information content (AvgIpc) is 3.06. The molecule has 2 aliphatic rings. The number of anilines is 1. The number of aromatic nitrogens is 3. The van der Waals surface area contributed by atoms with Crippen LogP contribution in [0.15, 0.2) is 10.9 Å². The lowest BCUT2D eigenvalue weighted by Crippen LogP contribution is -2.43. The molecule has 3 N–H and O–H groups in total. The molecule has 2 heterocycles. The van der Waals surface area contributed by atoms with Crippen LogP contribution in [0.2, 0.25) is 0 Å². The van der Waals surface area contributed by atoms with E-state index in [1.54, 1.807) is 10.6 Å². The smallest absolute Gasteiger partial charge is 0.270 e. The second-order valence-electron chi connectivity index (χ2n) is 10.0. The van der Waals surface area contributed by atoms with Crippen LogP contribution in [-0.4, -0.2) is 37.3 Å². The molecule has 0 atom stereocenters. The molecule has 8 heteroatoms. The second kappa shape index (κ2) is 7.96. The SMILES string of the molecule is CC(C)(C)Cn1c(=O)c(C(=O)NC2CCC2)c(O)n2nc(NC3CCCCC3)cc12. The number of aromatic hydroxyl groups is 1. The third kappa shape index (κ3) is 4.18. The highest BCUT2D eigenvalue weighted by Gasteiger charge is 2.29. The number of carbonyl (C=O) groups is 1. The summed E-state index contributed by atoms with van der Waals surface area (Å²) in [5, 5.41) is 21.7. The number of amides is 1. The van der Waals surface area contributed by atoms with Crippen LogP contribution in [0.1, 0.15) is 82.5 Å². The number of carbonyl (C=O) groups excluding carboxylic acids is 1. The molecule has 2 saturated carbocycles. The number of nitrogens with zero attached hydrogens (tertiary/aromatic N) is 3. The Morgan fingerprint density at radius 3 is 2.40 bits per heavy atom. The van der Waals surface area contributed by atoms with Gasteiger partial charge in [-0.1, -0.05) is 40.0 Å². The van der Waals surface area contributed by atoms with Crippen LogP contribution in [0.25, 0.3) is 5.65 Å². The third-order valence-electron chi connectivity index (χ3n) is 6.11. The van der Waals surface area contributed by atoms with Gasteiger partial charge in [0.2, 0.25) is 5.88 Å². The molecule has 0 unspecified atom stereocenters. The van der Waals surface area contributed by atoms with Crippen LogP contribution >= 0.6 is 0 Å². The van der Waals surface area contributed by atoms with E-state index in [0.717, 1.165) is 32.1 Å². The Kier molecular flexibility index (Phi) is 5.51. The Morgan fingerprint density at radius 2 is 1.80 bits per heavy atom. The monoisotopic (exact) mass is 415 g/mol. The van der Waals surface area contributed by atoms with E-state index in [4.69, 9.17) is 0 Å². The minimum Gasteiger partial charge on any atom is -0.492 e. The molecule has 1 amide bonds. The molecule has 2 aliphatic carbocycles. The molecule has 2 aromatic heterocycles. The van der Waals surface area contributed by atoms with Crippen molar-refractivity contribution in [3.05, 3.63) is 22.0 Å². The minimum atomic E-state index is -0.524. The van der Waals surface area contributed by atoms with Crippen molar-refractivity contribution < 1.29 is 9.90 Å². The van der Waals surface area contributed by atoms with Crippen LogP contribution in [0.5, 0.6) is 5.88 Å². The topological polar surface area (TPSA) is 101 Å². The van der Waals surface area contributed by atoms with Crippen molar-refractivity contribution in [2.75, 3.05) is 5.32 Å². The molecule has 2 fully saturated rings. The van der Waals surface area contributed by atoms with Gasteiger partial charge in [-0.2, -0.15) is 4.52 Å². The van der Waals surface area contributed by atoms with Gasteiger partial charge in [-0.25, -0.2) is 0 Å². The quantitative estimate of drug-likeness (QED) is 0.696. The molecular formula is C22H33N5O3. The van der Waals surface area contributed by atoms with Crippen LogP contribution in [0, 0.1) is 5.41 Å². The second-order valence-corrected chi connectivity index (χ2v) is 10.0. The molecule has 0 bridgehead atoms. The summed E-state index contributed by atoms with van der Waals surface area (Å²) < 4.78 is 2.89. The number of hydrogen-bond donors (Lipinski definition) is 3. The number of fused-ring (bicyclic) bond motifs is 1. The van der Waals surface area contributed by atoms with E-state index in [-0.39, 0.29) is 17.0 Å². The van der Waals surface area contributed by atoms with E-state index in [1.807, 2.05) is 20.8 Å². The van der Waals surface area contributed by atoms with Crippen molar-refractivity contribution in [2.24, 2.45) is 5.41 Å². The molecule has 164 valence electrons. The van der Waals surface area contributed by atoms with Gasteiger partial charge < -0.3 is 15.7 Å². The van der Waals surface area contributed by atoms with E-state index >= 15 is 0 Å². The van der Waals surface area contributed by atoms with Crippen molar-refractivity contribution >= 4 is 17.4 Å². The van der Waals surface area contributed by atoms with Gasteiger partial charge in [-0.3, -0.25) is 14.2 Å². The third-order valence-corrected chi connectivity index (χ3v) is 6.11. The Hall–Kier alpha value is -2.51. The van der Waals surface area contributed by atoms with Crippen molar-refractivity contribution in [1.82, 2.24) is 19.5 Å². The summed E-state index contributed by atoms with van der Waals surface area (Å²) in [6.07, 6.45) is 8.69. The van der Waals surface area contributed by atoms with E-state index in [1.165, 1.54) is 23.8 Å². The molecule has 30 heavy (non-hydrogen) atoms. The summed E-state index contributed by atoms with van der Waals surface area (Å²) >= 11 is 0. The molecule has 8 nitrogen and oxygen atoms in total. The summed E-state index contributed by atoms with van der Waals surface area (Å²) in [6, 6.07) is 2.22. The van der Waals surface area contributed by atoms with Gasteiger partial charge >= 0.3 is 0 Å². The predicted molar refractivity (Wildman–Crippen MR) is 116 cm³/mol. The van der Waals surface area contributed by atoms with Gasteiger partial charge in [-0.05, 0) is 37.5 Å². The molecule has 0 aliphatic heterocycles. The fourth-order valence-electron chi connectivity index (χ4n) is 4.32. The minimum absolute atomic E-state index is 0.0733. The maximum atomic E-state index is 13.3. The van der Waals surface area contributed by atoms with Gasteiger partial charge in [0, 0.05) is 24.7 Å². The van der Waals surface area contributed by atoms with E-state index in [9.17, 15) is 14.7 Å². The Labute approximate surface area is 176 Å². The summed E-state index contributed by atoms with van der Waals surface area (Å²) in [4.78, 5) is 26.1. The summed E-state index contributed by atoms with van der Waals surface area (Å²) in [6.45, 7) is 6.52. The highest BCUT2D eigenvalue weighted by molar-refractivity contribution is 5.96. The Morgan fingerprint density at radius 1 is 1.13 bits per heavy atom. The van der Waals surface area contributed by atoms with Crippen molar-refractivity contribution in [3.63, 3.8) is 0 Å². The maximum Gasteiger partial charge on any atom is 0.270 e. The zero-order valence-electron chi connectivity index (χ0n) is 18.2. The van der Waals surface area contributed by atoms with Crippen LogP contribution in [0.4, 0.5) is 5.82 Å². The largest absolute Gasteiger partial charge is 0.492 e. The van der Waals surface area contributed by atoms with Crippen molar-refractivity contribution in [1.29, 1.82) is 0 Å². The molecule has 0 radical (unpaired) electrons. The standard InChI is InChI=1S/C22H33N5O3/c1-22(2,3)13-26-17-12-16(23-14-8-5-4-6-9-14)25-27(17)21(30)18(20(26)29)19(28)24-15-10-7-11-15/h12,14-15,30H,4-11,13H2,1-3H3,(H,23,25)(H,24,28). The summed E-state index contributed by atoms with van der Waals surface area (Å²) in [5.41, 5.74) is -0.405. The lowest BCUT2D eigenvalue weighted by atomic mass is 9.93. The fraction of sp³-hybridized carbons (Fsp3) is 0.682. The summed E-state index contributed by atoms with van der Waals surface area (Å²) in [5.74, 6) is -0.298. The zero-order valence-corrected chi connectivity index (χ0v) is 18.2. The van der Waals surface area contributed by atoms with Crippen molar-refractivity contribution in [2.45, 2.75) is 90.8 Å². The molecule has 0 aromatic carbocycles. The molecule has 2 aromatic rings. The Balaban J connectivity index is 1.77. The zero-order chi connectivity index (χ0) is 21.5. The van der Waals surface area contributed by atoms with Gasteiger partial charge in [0.15, 0.2) is 11.4 Å². The van der Waals surface area contributed by atoms with Crippen LogP contribution in [0.3, 0.4) is 0 Å². The lowest BCUT2D eigenvalue weighted by Gasteiger charge is -2.26. The van der Waals surface area contributed by atoms with Gasteiger partial charge in [-0.15, -0.1) is 5.10 Å². The van der Waals surface area contributed by atoms with Crippen LogP contribution < -0.4 is 16.2 Å². The Bertz CT molecular complexity index is 991. The first-order chi connectivity index (χ1) is 14.2. The highest BCUT2D eigenvalue weighted by atomic mass is 16.3. The first kappa shape index (κ1) is 20.8. The fourth-order valence-corrected chi connectivity index (χ4v) is 4.32. The molecule has 0 spiro atoms. The summed E-state index contributed by atoms with van der Waals surface area (Å²) in [7, 11) is 0. The van der Waals surface area contributed by atoms with E-state index in [2.05, 4.69) is 15.7 Å². The van der Waals surface area contributed by atoms with Gasteiger partial charge in [0.05, 0.1) is 0 Å². The first-order valence-electron chi connectivity index (χ1n) is 11.2. The first-order valence-corrected chi connectivity index (χ1v) is 11.2. The lowest BCUT2D eigenvalue weighted by molar-refractivity contribution is 0.0910. The van der Waals surface area contributed by atoms with E-state index < -0.39 is 17.3 Å².